The van der Waals surface area contributed by atoms with Crippen LogP contribution in [0.3, 0.4) is 0 Å². The third kappa shape index (κ3) is 4.34. The first-order valence-electron chi connectivity index (χ1n) is 7.33. The summed E-state index contributed by atoms with van der Waals surface area (Å²) in [5.41, 5.74) is 1.57. The molecule has 1 heterocycles. The van der Waals surface area contributed by atoms with Crippen LogP contribution < -0.4 is 10.6 Å². The molecule has 1 aromatic carbocycles. The molecular formula is C16H21N3O2S. The topological polar surface area (TPSA) is 70.6 Å². The summed E-state index contributed by atoms with van der Waals surface area (Å²) < 4.78 is 0. The number of hydrogen-bond donors (Lipinski definition) is 2. The number of amides is 2. The Kier molecular flexibility index (Phi) is 5.60. The highest BCUT2D eigenvalue weighted by Gasteiger charge is 2.26. The van der Waals surface area contributed by atoms with Crippen LogP contribution in [0.1, 0.15) is 29.8 Å². The summed E-state index contributed by atoms with van der Waals surface area (Å²) in [4.78, 5) is 28.9. The first-order chi connectivity index (χ1) is 10.5. The van der Waals surface area contributed by atoms with E-state index in [0.29, 0.717) is 10.7 Å². The molecule has 22 heavy (non-hydrogen) atoms. The molecule has 2 N–H and O–H groups in total. The lowest BCUT2D eigenvalue weighted by Gasteiger charge is -2.21. The van der Waals surface area contributed by atoms with Gasteiger partial charge in [-0.25, -0.2) is 0 Å². The maximum Gasteiger partial charge on any atom is 0.251 e. The van der Waals surface area contributed by atoms with E-state index in [2.05, 4.69) is 15.6 Å². The molecule has 6 heteroatoms. The number of aliphatic imine (C=N–C) groups is 1. The number of hydrogen-bond acceptors (Lipinski definition) is 4. The van der Waals surface area contributed by atoms with E-state index < -0.39 is 6.04 Å². The third-order valence-electron chi connectivity index (χ3n) is 3.33. The molecule has 0 fully saturated rings. The van der Waals surface area contributed by atoms with Crippen molar-refractivity contribution in [3.05, 3.63) is 35.4 Å². The first kappa shape index (κ1) is 16.5. The molecule has 0 radical (unpaired) electrons. The second-order valence-corrected chi connectivity index (χ2v) is 6.67. The van der Waals surface area contributed by atoms with E-state index in [-0.39, 0.29) is 17.7 Å². The van der Waals surface area contributed by atoms with Crippen molar-refractivity contribution >= 4 is 28.7 Å². The molecule has 2 amide bonds. The zero-order chi connectivity index (χ0) is 16.1. The monoisotopic (exact) mass is 319 g/mol. The average molecular weight is 319 g/mol. The standard InChI is InChI=1S/C16H21N3O2S/c1-10(2)13(15(21)19-16-17-7-8-22-16)18-14(20)12-6-4-5-11(3)9-12/h4-6,9-10,13H,7-8H2,1-3H3,(H,18,20)(H,17,19,21). The molecule has 1 unspecified atom stereocenters. The maximum atomic E-state index is 12.4. The Balaban J connectivity index is 2.04. The van der Waals surface area contributed by atoms with Gasteiger partial charge in [0.2, 0.25) is 5.91 Å². The molecule has 1 aliphatic heterocycles. The van der Waals surface area contributed by atoms with E-state index in [1.54, 1.807) is 6.07 Å². The smallest absolute Gasteiger partial charge is 0.251 e. The first-order valence-corrected chi connectivity index (χ1v) is 8.31. The van der Waals surface area contributed by atoms with Crippen LogP contribution in [0, 0.1) is 12.8 Å². The molecule has 5 nitrogen and oxygen atoms in total. The summed E-state index contributed by atoms with van der Waals surface area (Å²) in [5.74, 6) is 0.418. The van der Waals surface area contributed by atoms with E-state index in [9.17, 15) is 9.59 Å². The second kappa shape index (κ2) is 7.45. The molecule has 0 spiro atoms. The number of benzene rings is 1. The number of amidine groups is 1. The lowest BCUT2D eigenvalue weighted by molar-refractivity contribution is -0.122. The zero-order valence-electron chi connectivity index (χ0n) is 13.1. The summed E-state index contributed by atoms with van der Waals surface area (Å²) in [6, 6.07) is 6.73. The third-order valence-corrected chi connectivity index (χ3v) is 4.22. The van der Waals surface area contributed by atoms with Gasteiger partial charge >= 0.3 is 0 Å². The fourth-order valence-corrected chi connectivity index (χ4v) is 2.87. The summed E-state index contributed by atoms with van der Waals surface area (Å²) in [6.45, 7) is 6.47. The molecule has 0 saturated heterocycles. The number of nitrogens with one attached hydrogen (secondary N) is 2. The molecule has 2 rings (SSSR count). The van der Waals surface area contributed by atoms with Crippen LogP contribution in [0.4, 0.5) is 0 Å². The normalized spacial score (nSPS) is 15.4. The van der Waals surface area contributed by atoms with Gasteiger partial charge in [0.15, 0.2) is 5.17 Å². The molecule has 0 aromatic heterocycles. The highest BCUT2D eigenvalue weighted by atomic mass is 32.2. The SMILES string of the molecule is Cc1cccc(C(=O)NC(C(=O)NC2=NCCS2)C(C)C)c1. The number of aryl methyl sites for hydroxylation is 1. The van der Waals surface area contributed by atoms with Crippen molar-refractivity contribution in [2.45, 2.75) is 26.8 Å². The van der Waals surface area contributed by atoms with Crippen molar-refractivity contribution in [1.82, 2.24) is 10.6 Å². The number of thioether (sulfide) groups is 1. The number of carbonyl (C=O) groups is 2. The largest absolute Gasteiger partial charge is 0.340 e. The Morgan fingerprint density at radius 1 is 1.32 bits per heavy atom. The van der Waals surface area contributed by atoms with Gasteiger partial charge in [0, 0.05) is 11.3 Å². The van der Waals surface area contributed by atoms with Crippen molar-refractivity contribution in [1.29, 1.82) is 0 Å². The minimum absolute atomic E-state index is 0.0132. The highest BCUT2D eigenvalue weighted by Crippen LogP contribution is 2.11. The lowest BCUT2D eigenvalue weighted by Crippen LogP contribution is -2.50. The van der Waals surface area contributed by atoms with Crippen LogP contribution in [0.25, 0.3) is 0 Å². The summed E-state index contributed by atoms with van der Waals surface area (Å²) >= 11 is 1.52. The minimum atomic E-state index is -0.586. The van der Waals surface area contributed by atoms with Crippen LogP contribution >= 0.6 is 11.8 Å². The van der Waals surface area contributed by atoms with Gasteiger partial charge < -0.3 is 10.6 Å². The van der Waals surface area contributed by atoms with Crippen molar-refractivity contribution in [3.63, 3.8) is 0 Å². The van der Waals surface area contributed by atoms with Crippen LogP contribution in [0.5, 0.6) is 0 Å². The molecule has 0 aliphatic carbocycles. The molecule has 1 aliphatic rings. The highest BCUT2D eigenvalue weighted by molar-refractivity contribution is 8.14. The molecule has 0 saturated carbocycles. The summed E-state index contributed by atoms with van der Waals surface area (Å²) in [7, 11) is 0. The van der Waals surface area contributed by atoms with Gasteiger partial charge in [-0.05, 0) is 25.0 Å². The molecule has 1 aromatic rings. The number of nitrogens with zero attached hydrogens (tertiary/aromatic N) is 1. The fraction of sp³-hybridized carbons (Fsp3) is 0.438. The van der Waals surface area contributed by atoms with Gasteiger partial charge in [0.25, 0.3) is 5.91 Å². The Hall–Kier alpha value is -1.82. The lowest BCUT2D eigenvalue weighted by atomic mass is 10.0. The van der Waals surface area contributed by atoms with Gasteiger partial charge in [-0.3, -0.25) is 14.6 Å². The van der Waals surface area contributed by atoms with Crippen molar-refractivity contribution < 1.29 is 9.59 Å². The van der Waals surface area contributed by atoms with Gasteiger partial charge in [-0.15, -0.1) is 0 Å². The zero-order valence-corrected chi connectivity index (χ0v) is 13.9. The van der Waals surface area contributed by atoms with E-state index in [0.717, 1.165) is 17.9 Å². The molecule has 0 bridgehead atoms. The van der Waals surface area contributed by atoms with E-state index in [1.807, 2.05) is 39.0 Å². The van der Waals surface area contributed by atoms with Gasteiger partial charge in [0.1, 0.15) is 6.04 Å². The van der Waals surface area contributed by atoms with Gasteiger partial charge in [-0.1, -0.05) is 43.3 Å². The van der Waals surface area contributed by atoms with Gasteiger partial charge in [0.05, 0.1) is 6.54 Å². The van der Waals surface area contributed by atoms with Gasteiger partial charge in [-0.2, -0.15) is 0 Å². The predicted molar refractivity (Wildman–Crippen MR) is 90.2 cm³/mol. The average Bonchev–Trinajstić information content (AvgIpc) is 2.96. The van der Waals surface area contributed by atoms with Crippen molar-refractivity contribution in [3.8, 4) is 0 Å². The maximum absolute atomic E-state index is 12.4. The molecular weight excluding hydrogens is 298 g/mol. The van der Waals surface area contributed by atoms with E-state index in [4.69, 9.17) is 0 Å². The van der Waals surface area contributed by atoms with Crippen molar-refractivity contribution in [2.75, 3.05) is 12.3 Å². The Morgan fingerprint density at radius 2 is 2.09 bits per heavy atom. The predicted octanol–water partition coefficient (Wildman–Crippen LogP) is 1.97. The molecule has 118 valence electrons. The minimum Gasteiger partial charge on any atom is -0.340 e. The fourth-order valence-electron chi connectivity index (χ4n) is 2.14. The second-order valence-electron chi connectivity index (χ2n) is 5.59. The molecule has 1 atom stereocenters. The van der Waals surface area contributed by atoms with E-state index in [1.165, 1.54) is 11.8 Å². The Morgan fingerprint density at radius 3 is 2.68 bits per heavy atom. The van der Waals surface area contributed by atoms with Crippen LogP contribution in [-0.2, 0) is 4.79 Å². The van der Waals surface area contributed by atoms with Crippen LogP contribution in [-0.4, -0.2) is 35.3 Å². The summed E-state index contributed by atoms with van der Waals surface area (Å²) in [5, 5.41) is 6.25. The van der Waals surface area contributed by atoms with Crippen LogP contribution in [0.2, 0.25) is 0 Å². The number of rotatable bonds is 4. The summed E-state index contributed by atoms with van der Waals surface area (Å²) in [6.07, 6.45) is 0. The Bertz CT molecular complexity index is 599. The van der Waals surface area contributed by atoms with E-state index >= 15 is 0 Å². The Labute approximate surface area is 135 Å². The quantitative estimate of drug-likeness (QED) is 0.891. The van der Waals surface area contributed by atoms with Crippen LogP contribution in [0.15, 0.2) is 29.3 Å². The van der Waals surface area contributed by atoms with Crippen molar-refractivity contribution in [2.24, 2.45) is 10.9 Å². The number of carbonyl (C=O) groups excluding carboxylic acids is 2.